The number of anilines is 1. The number of hydrogen-bond acceptors (Lipinski definition) is 3. The van der Waals surface area contributed by atoms with Gasteiger partial charge in [0, 0.05) is 5.56 Å². The molecule has 0 aliphatic heterocycles. The Morgan fingerprint density at radius 3 is 2.48 bits per heavy atom. The number of nitrogens with zero attached hydrogens (tertiary/aromatic N) is 1. The highest BCUT2D eigenvalue weighted by atomic mass is 16.5. The van der Waals surface area contributed by atoms with Crippen LogP contribution < -0.4 is 10.2 Å². The van der Waals surface area contributed by atoms with Gasteiger partial charge in [0.2, 0.25) is 0 Å². The zero-order valence-corrected chi connectivity index (χ0v) is 11.8. The summed E-state index contributed by atoms with van der Waals surface area (Å²) in [5.74, 6) is 0.812. The van der Waals surface area contributed by atoms with Crippen LogP contribution in [0.5, 0.6) is 5.75 Å². The van der Waals surface area contributed by atoms with Crippen LogP contribution in [0.3, 0.4) is 0 Å². The van der Waals surface area contributed by atoms with Gasteiger partial charge in [0.25, 0.3) is 0 Å². The van der Waals surface area contributed by atoms with Gasteiger partial charge in [-0.15, -0.1) is 0 Å². The van der Waals surface area contributed by atoms with Crippen LogP contribution in [0, 0.1) is 0 Å². The van der Waals surface area contributed by atoms with Crippen molar-refractivity contribution < 1.29 is 4.74 Å². The summed E-state index contributed by atoms with van der Waals surface area (Å²) in [5.41, 5.74) is 4.95. The van der Waals surface area contributed by atoms with E-state index in [1.165, 1.54) is 5.39 Å². The molecule has 0 aromatic heterocycles. The molecular weight excluding hydrogens is 260 g/mol. The highest BCUT2D eigenvalue weighted by molar-refractivity contribution is 6.02. The van der Waals surface area contributed by atoms with Gasteiger partial charge >= 0.3 is 0 Å². The summed E-state index contributed by atoms with van der Waals surface area (Å²) in [5, 5.41) is 6.60. The second-order valence-electron chi connectivity index (χ2n) is 4.64. The lowest BCUT2D eigenvalue weighted by atomic mass is 10.0. The second kappa shape index (κ2) is 6.09. The van der Waals surface area contributed by atoms with E-state index in [2.05, 4.69) is 28.7 Å². The van der Waals surface area contributed by atoms with E-state index in [1.807, 2.05) is 48.5 Å². The summed E-state index contributed by atoms with van der Waals surface area (Å²) >= 11 is 0. The van der Waals surface area contributed by atoms with Gasteiger partial charge in [-0.05, 0) is 29.0 Å². The lowest BCUT2D eigenvalue weighted by Gasteiger charge is -2.08. The Bertz CT molecular complexity index is 767. The fourth-order valence-electron chi connectivity index (χ4n) is 2.27. The van der Waals surface area contributed by atoms with Crippen LogP contribution in [0.25, 0.3) is 10.8 Å². The molecule has 0 fully saturated rings. The molecule has 1 N–H and O–H groups in total. The molecule has 0 aliphatic rings. The minimum absolute atomic E-state index is 0.812. The normalized spacial score (nSPS) is 10.9. The first-order valence-corrected chi connectivity index (χ1v) is 6.78. The maximum atomic E-state index is 5.44. The Labute approximate surface area is 123 Å². The number of benzene rings is 3. The number of nitrogens with one attached hydrogen (secondary N) is 1. The molecule has 0 spiro atoms. The molecular formula is C18H16N2O. The highest BCUT2D eigenvalue weighted by Gasteiger charge is 2.05. The number of ether oxygens (including phenoxy) is 1. The monoisotopic (exact) mass is 276 g/mol. The predicted octanol–water partition coefficient (Wildman–Crippen LogP) is 4.29. The van der Waals surface area contributed by atoms with E-state index in [4.69, 9.17) is 4.74 Å². The van der Waals surface area contributed by atoms with Crippen molar-refractivity contribution in [3.63, 3.8) is 0 Å². The molecule has 3 rings (SSSR count). The van der Waals surface area contributed by atoms with Crippen LogP contribution in [0.15, 0.2) is 71.8 Å². The van der Waals surface area contributed by atoms with E-state index in [0.717, 1.165) is 22.4 Å². The first-order chi connectivity index (χ1) is 10.4. The molecule has 0 unspecified atom stereocenters. The van der Waals surface area contributed by atoms with Gasteiger partial charge in [0.1, 0.15) is 5.75 Å². The quantitative estimate of drug-likeness (QED) is 0.569. The summed E-state index contributed by atoms with van der Waals surface area (Å²) < 4.78 is 5.44. The molecule has 0 saturated carbocycles. The Morgan fingerprint density at radius 2 is 1.67 bits per heavy atom. The predicted molar refractivity (Wildman–Crippen MR) is 88.2 cm³/mol. The molecule has 0 bridgehead atoms. The van der Waals surface area contributed by atoms with Gasteiger partial charge < -0.3 is 4.74 Å². The molecule has 0 aliphatic carbocycles. The summed E-state index contributed by atoms with van der Waals surface area (Å²) in [6.07, 6.45) is 1.80. The smallest absolute Gasteiger partial charge is 0.128 e. The van der Waals surface area contributed by atoms with Crippen LogP contribution in [0.2, 0.25) is 0 Å². The molecule has 0 saturated heterocycles. The van der Waals surface area contributed by atoms with Crippen molar-refractivity contribution >= 4 is 22.7 Å². The van der Waals surface area contributed by atoms with E-state index in [-0.39, 0.29) is 0 Å². The topological polar surface area (TPSA) is 33.6 Å². The Hall–Kier alpha value is -2.81. The molecule has 104 valence electrons. The molecule has 0 heterocycles. The van der Waals surface area contributed by atoms with E-state index < -0.39 is 0 Å². The number of hydrogen-bond donors (Lipinski definition) is 1. The molecule has 0 radical (unpaired) electrons. The van der Waals surface area contributed by atoms with Crippen molar-refractivity contribution in [2.45, 2.75) is 0 Å². The highest BCUT2D eigenvalue weighted by Crippen LogP contribution is 2.26. The van der Waals surface area contributed by atoms with Crippen LogP contribution >= 0.6 is 0 Å². The summed E-state index contributed by atoms with van der Waals surface area (Å²) in [7, 11) is 1.67. The minimum Gasteiger partial charge on any atom is -0.496 e. The Morgan fingerprint density at radius 1 is 0.905 bits per heavy atom. The average molecular weight is 276 g/mol. The van der Waals surface area contributed by atoms with Gasteiger partial charge in [0.15, 0.2) is 0 Å². The first-order valence-electron chi connectivity index (χ1n) is 6.78. The fraction of sp³-hybridized carbons (Fsp3) is 0.0556. The molecule has 0 atom stereocenters. The van der Waals surface area contributed by atoms with E-state index in [0.29, 0.717) is 0 Å². The lowest BCUT2D eigenvalue weighted by molar-refractivity contribution is 0.415. The van der Waals surface area contributed by atoms with Crippen molar-refractivity contribution in [3.05, 3.63) is 72.3 Å². The van der Waals surface area contributed by atoms with Gasteiger partial charge in [0.05, 0.1) is 19.0 Å². The van der Waals surface area contributed by atoms with Gasteiger partial charge in [-0.1, -0.05) is 48.5 Å². The number of fused-ring (bicyclic) bond motifs is 1. The minimum atomic E-state index is 0.812. The SMILES string of the molecule is COc1ccc2ccccc2c1/C=N\Nc1ccccc1. The van der Waals surface area contributed by atoms with Crippen LogP contribution in [0.4, 0.5) is 5.69 Å². The van der Waals surface area contributed by atoms with Gasteiger partial charge in [-0.2, -0.15) is 5.10 Å². The molecule has 3 aromatic rings. The zero-order valence-electron chi connectivity index (χ0n) is 11.8. The summed E-state index contributed by atoms with van der Waals surface area (Å²) in [6.45, 7) is 0. The first kappa shape index (κ1) is 13.2. The zero-order chi connectivity index (χ0) is 14.5. The molecule has 0 amide bonds. The number of methoxy groups -OCH3 is 1. The van der Waals surface area contributed by atoms with Crippen LogP contribution in [0.1, 0.15) is 5.56 Å². The lowest BCUT2D eigenvalue weighted by Crippen LogP contribution is -1.95. The van der Waals surface area contributed by atoms with Crippen molar-refractivity contribution in [2.24, 2.45) is 5.10 Å². The standard InChI is InChI=1S/C18H16N2O/c1-21-18-12-11-14-7-5-6-10-16(14)17(18)13-19-20-15-8-3-2-4-9-15/h2-13,20H,1H3/b19-13-. The van der Waals surface area contributed by atoms with Crippen LogP contribution in [-0.4, -0.2) is 13.3 Å². The number of hydrazone groups is 1. The molecule has 3 nitrogen and oxygen atoms in total. The third kappa shape index (κ3) is 2.87. The van der Waals surface area contributed by atoms with Crippen LogP contribution in [-0.2, 0) is 0 Å². The van der Waals surface area contributed by atoms with Crippen molar-refractivity contribution in [3.8, 4) is 5.75 Å². The molecule has 3 heteroatoms. The number of rotatable bonds is 4. The van der Waals surface area contributed by atoms with E-state index >= 15 is 0 Å². The average Bonchev–Trinajstić information content (AvgIpc) is 2.56. The van der Waals surface area contributed by atoms with E-state index in [9.17, 15) is 0 Å². The van der Waals surface area contributed by atoms with Gasteiger partial charge in [-0.3, -0.25) is 5.43 Å². The van der Waals surface area contributed by atoms with Crippen molar-refractivity contribution in [1.29, 1.82) is 0 Å². The third-order valence-electron chi connectivity index (χ3n) is 3.31. The molecule has 21 heavy (non-hydrogen) atoms. The van der Waals surface area contributed by atoms with Crippen molar-refractivity contribution in [1.82, 2.24) is 0 Å². The van der Waals surface area contributed by atoms with Crippen molar-refractivity contribution in [2.75, 3.05) is 12.5 Å². The Balaban J connectivity index is 1.95. The number of para-hydroxylation sites is 1. The summed E-state index contributed by atoms with van der Waals surface area (Å²) in [6, 6.07) is 22.1. The van der Waals surface area contributed by atoms with E-state index in [1.54, 1.807) is 13.3 Å². The fourth-order valence-corrected chi connectivity index (χ4v) is 2.27. The maximum Gasteiger partial charge on any atom is 0.128 e. The largest absolute Gasteiger partial charge is 0.496 e. The van der Waals surface area contributed by atoms with Gasteiger partial charge in [-0.25, -0.2) is 0 Å². The Kier molecular flexibility index (Phi) is 3.83. The third-order valence-corrected chi connectivity index (χ3v) is 3.31. The maximum absolute atomic E-state index is 5.44. The summed E-state index contributed by atoms with van der Waals surface area (Å²) in [4.78, 5) is 0. The second-order valence-corrected chi connectivity index (χ2v) is 4.64. The molecule has 3 aromatic carbocycles.